The van der Waals surface area contributed by atoms with E-state index in [-0.39, 0.29) is 5.97 Å². The molecule has 4 heteroatoms. The highest BCUT2D eigenvalue weighted by Gasteiger charge is 2.11. The highest BCUT2D eigenvalue weighted by molar-refractivity contribution is 5.74. The predicted molar refractivity (Wildman–Crippen MR) is 43.9 cm³/mol. The highest BCUT2D eigenvalue weighted by atomic mass is 16.6. The number of methoxy groups -OCH3 is 1. The van der Waals surface area contributed by atoms with Crippen LogP contribution in [-0.2, 0) is 19.0 Å². The first kappa shape index (κ1) is 11.4. The van der Waals surface area contributed by atoms with Crippen molar-refractivity contribution >= 4 is 5.97 Å². The summed E-state index contributed by atoms with van der Waals surface area (Å²) in [6.07, 6.45) is -0.494. The Kier molecular flexibility index (Phi) is 6.70. The molecular weight excluding hydrogens is 160 g/mol. The summed E-state index contributed by atoms with van der Waals surface area (Å²) in [5.41, 5.74) is 0. The van der Waals surface area contributed by atoms with Crippen molar-refractivity contribution in [3.63, 3.8) is 0 Å². The third-order valence-electron chi connectivity index (χ3n) is 1.36. The summed E-state index contributed by atoms with van der Waals surface area (Å²) < 4.78 is 14.5. The third-order valence-corrected chi connectivity index (χ3v) is 1.36. The van der Waals surface area contributed by atoms with E-state index in [1.54, 1.807) is 6.92 Å². The lowest BCUT2D eigenvalue weighted by Crippen LogP contribution is -2.23. The van der Waals surface area contributed by atoms with Crippen molar-refractivity contribution in [1.82, 2.24) is 0 Å². The van der Waals surface area contributed by atoms with Crippen LogP contribution in [0.4, 0.5) is 0 Å². The van der Waals surface area contributed by atoms with Crippen LogP contribution in [0.3, 0.4) is 0 Å². The number of carbonyl (C=O) groups excluding carboxylic acids is 1. The molecule has 0 heterocycles. The first-order chi connectivity index (χ1) is 5.72. The van der Waals surface area contributed by atoms with Crippen molar-refractivity contribution < 1.29 is 19.0 Å². The van der Waals surface area contributed by atoms with Crippen LogP contribution >= 0.6 is 0 Å². The van der Waals surface area contributed by atoms with Crippen LogP contribution in [0.1, 0.15) is 13.8 Å². The Morgan fingerprint density at radius 3 is 2.58 bits per heavy atom. The largest absolute Gasteiger partial charge is 0.461 e. The predicted octanol–water partition coefficient (Wildman–Crippen LogP) is 0.601. The molecule has 0 saturated heterocycles. The molecule has 0 spiro atoms. The number of carbonyl (C=O) groups is 1. The molecule has 0 aliphatic heterocycles. The molecule has 0 aromatic heterocycles. The molecule has 0 bridgehead atoms. The van der Waals surface area contributed by atoms with Gasteiger partial charge in [0.2, 0.25) is 0 Å². The monoisotopic (exact) mass is 176 g/mol. The van der Waals surface area contributed by atoms with Gasteiger partial charge in [0, 0.05) is 13.7 Å². The van der Waals surface area contributed by atoms with Gasteiger partial charge in [-0.25, -0.2) is 4.79 Å². The zero-order valence-corrected chi connectivity index (χ0v) is 7.83. The molecule has 0 fully saturated rings. The molecule has 0 aromatic carbocycles. The first-order valence-electron chi connectivity index (χ1n) is 3.99. The quantitative estimate of drug-likeness (QED) is 0.439. The molecule has 0 saturated carbocycles. The van der Waals surface area contributed by atoms with Gasteiger partial charge in [-0.05, 0) is 13.8 Å². The van der Waals surface area contributed by atoms with E-state index in [0.29, 0.717) is 19.8 Å². The van der Waals surface area contributed by atoms with E-state index in [0.717, 1.165) is 0 Å². The van der Waals surface area contributed by atoms with Crippen molar-refractivity contribution in [3.8, 4) is 0 Å². The molecule has 0 radical (unpaired) electrons. The standard InChI is InChI=1S/C8H16O4/c1-4-11-5-6-12-8(9)7(2)10-3/h7H,4-6H2,1-3H3. The number of hydrogen-bond acceptors (Lipinski definition) is 4. The Labute approximate surface area is 72.8 Å². The van der Waals surface area contributed by atoms with Crippen LogP contribution in [-0.4, -0.2) is 39.0 Å². The fourth-order valence-electron chi connectivity index (χ4n) is 0.559. The molecule has 12 heavy (non-hydrogen) atoms. The van der Waals surface area contributed by atoms with E-state index in [1.165, 1.54) is 7.11 Å². The Balaban J connectivity index is 3.31. The molecule has 0 aromatic rings. The van der Waals surface area contributed by atoms with Crippen LogP contribution in [0.25, 0.3) is 0 Å². The van der Waals surface area contributed by atoms with E-state index in [9.17, 15) is 4.79 Å². The normalized spacial score (nSPS) is 12.6. The van der Waals surface area contributed by atoms with Crippen LogP contribution < -0.4 is 0 Å². The maximum atomic E-state index is 10.9. The number of hydrogen-bond donors (Lipinski definition) is 0. The zero-order valence-electron chi connectivity index (χ0n) is 7.83. The Bertz CT molecular complexity index is 124. The Morgan fingerprint density at radius 1 is 1.42 bits per heavy atom. The molecule has 0 N–H and O–H groups in total. The second-order valence-corrected chi connectivity index (χ2v) is 2.24. The average Bonchev–Trinajstić information content (AvgIpc) is 2.10. The molecule has 0 aliphatic rings. The van der Waals surface area contributed by atoms with Crippen LogP contribution in [0, 0.1) is 0 Å². The Hall–Kier alpha value is -0.610. The van der Waals surface area contributed by atoms with Crippen molar-refractivity contribution in [2.24, 2.45) is 0 Å². The van der Waals surface area contributed by atoms with Gasteiger partial charge in [-0.3, -0.25) is 0 Å². The molecule has 72 valence electrons. The van der Waals surface area contributed by atoms with E-state index in [4.69, 9.17) is 14.2 Å². The minimum Gasteiger partial charge on any atom is -0.461 e. The molecular formula is C8H16O4. The number of esters is 1. The second kappa shape index (κ2) is 7.06. The minimum atomic E-state index is -0.494. The summed E-state index contributed by atoms with van der Waals surface area (Å²) in [5.74, 6) is -0.350. The number of rotatable bonds is 6. The maximum absolute atomic E-state index is 10.9. The van der Waals surface area contributed by atoms with Gasteiger partial charge in [-0.2, -0.15) is 0 Å². The minimum absolute atomic E-state index is 0.292. The summed E-state index contributed by atoms with van der Waals surface area (Å²) in [7, 11) is 1.47. The SMILES string of the molecule is CCOCCOC(=O)C(C)OC. The van der Waals surface area contributed by atoms with E-state index < -0.39 is 6.10 Å². The van der Waals surface area contributed by atoms with E-state index in [1.807, 2.05) is 6.92 Å². The van der Waals surface area contributed by atoms with Crippen LogP contribution in [0.15, 0.2) is 0 Å². The summed E-state index contributed by atoms with van der Waals surface area (Å²) in [5, 5.41) is 0. The van der Waals surface area contributed by atoms with Gasteiger partial charge in [0.1, 0.15) is 6.61 Å². The molecule has 0 aliphatic carbocycles. The fourth-order valence-corrected chi connectivity index (χ4v) is 0.559. The van der Waals surface area contributed by atoms with E-state index in [2.05, 4.69) is 0 Å². The topological polar surface area (TPSA) is 44.8 Å². The smallest absolute Gasteiger partial charge is 0.335 e. The molecule has 0 amide bonds. The highest BCUT2D eigenvalue weighted by Crippen LogP contribution is 1.91. The lowest BCUT2D eigenvalue weighted by atomic mass is 10.4. The second-order valence-electron chi connectivity index (χ2n) is 2.24. The van der Waals surface area contributed by atoms with Gasteiger partial charge >= 0.3 is 5.97 Å². The van der Waals surface area contributed by atoms with Gasteiger partial charge in [-0.1, -0.05) is 0 Å². The van der Waals surface area contributed by atoms with Crippen molar-refractivity contribution in [2.75, 3.05) is 26.9 Å². The Morgan fingerprint density at radius 2 is 2.08 bits per heavy atom. The lowest BCUT2D eigenvalue weighted by molar-refractivity contribution is -0.155. The average molecular weight is 176 g/mol. The summed E-state index contributed by atoms with van der Waals surface area (Å²) in [4.78, 5) is 10.9. The van der Waals surface area contributed by atoms with Crippen LogP contribution in [0.2, 0.25) is 0 Å². The van der Waals surface area contributed by atoms with Crippen molar-refractivity contribution in [1.29, 1.82) is 0 Å². The molecule has 1 unspecified atom stereocenters. The molecule has 1 atom stereocenters. The van der Waals surface area contributed by atoms with Crippen molar-refractivity contribution in [3.05, 3.63) is 0 Å². The third kappa shape index (κ3) is 5.09. The summed E-state index contributed by atoms with van der Waals surface area (Å²) in [6, 6.07) is 0. The lowest BCUT2D eigenvalue weighted by Gasteiger charge is -2.09. The molecule has 4 nitrogen and oxygen atoms in total. The number of ether oxygens (including phenoxy) is 3. The van der Waals surface area contributed by atoms with Crippen LogP contribution in [0.5, 0.6) is 0 Å². The molecule has 0 rings (SSSR count). The zero-order chi connectivity index (χ0) is 9.40. The van der Waals surface area contributed by atoms with Gasteiger partial charge < -0.3 is 14.2 Å². The van der Waals surface area contributed by atoms with E-state index >= 15 is 0 Å². The van der Waals surface area contributed by atoms with Gasteiger partial charge in [0.05, 0.1) is 6.61 Å². The first-order valence-corrected chi connectivity index (χ1v) is 3.99. The van der Waals surface area contributed by atoms with Gasteiger partial charge in [0.15, 0.2) is 6.10 Å². The summed E-state index contributed by atoms with van der Waals surface area (Å²) >= 11 is 0. The maximum Gasteiger partial charge on any atom is 0.335 e. The summed E-state index contributed by atoms with van der Waals surface area (Å²) in [6.45, 7) is 4.90. The van der Waals surface area contributed by atoms with Gasteiger partial charge in [-0.15, -0.1) is 0 Å². The van der Waals surface area contributed by atoms with Gasteiger partial charge in [0.25, 0.3) is 0 Å². The van der Waals surface area contributed by atoms with Crippen molar-refractivity contribution in [2.45, 2.75) is 20.0 Å². The fraction of sp³-hybridized carbons (Fsp3) is 0.875.